The average molecular weight is 256 g/mol. The third-order valence-corrected chi connectivity index (χ3v) is 3.09. The van der Waals surface area contributed by atoms with Crippen molar-refractivity contribution in [2.24, 2.45) is 0 Å². The maximum absolute atomic E-state index is 10.3. The lowest BCUT2D eigenvalue weighted by Crippen LogP contribution is -2.32. The molecule has 19 heavy (non-hydrogen) atoms. The summed E-state index contributed by atoms with van der Waals surface area (Å²) in [5.74, 6) is 0.794. The van der Waals surface area contributed by atoms with Gasteiger partial charge in [0.25, 0.3) is 0 Å². The van der Waals surface area contributed by atoms with Crippen molar-refractivity contribution in [3.8, 4) is 5.75 Å². The van der Waals surface area contributed by atoms with Crippen molar-refractivity contribution in [1.29, 1.82) is 0 Å². The van der Waals surface area contributed by atoms with Gasteiger partial charge in [-0.2, -0.15) is 0 Å². The van der Waals surface area contributed by atoms with Crippen LogP contribution in [0.15, 0.2) is 60.7 Å². The van der Waals surface area contributed by atoms with Gasteiger partial charge in [0.2, 0.25) is 0 Å². The largest absolute Gasteiger partial charge is 0.491 e. The van der Waals surface area contributed by atoms with Gasteiger partial charge >= 0.3 is 0 Å². The number of benzene rings is 2. The quantitative estimate of drug-likeness (QED) is 0.857. The first-order valence-corrected chi connectivity index (χ1v) is 6.60. The van der Waals surface area contributed by atoms with E-state index in [9.17, 15) is 5.11 Å². The standard InChI is InChI=1S/C17H20O2/c1-17(18,13-12-15-8-4-2-5-9-15)14-19-16-10-6-3-7-11-16/h2-11,18H,12-14H2,1H3. The molecule has 0 saturated carbocycles. The van der Waals surface area contributed by atoms with Crippen LogP contribution in [-0.4, -0.2) is 17.3 Å². The molecule has 2 nitrogen and oxygen atoms in total. The molecule has 0 aliphatic rings. The molecule has 0 amide bonds. The number of rotatable bonds is 6. The Morgan fingerprint density at radius 1 is 0.947 bits per heavy atom. The van der Waals surface area contributed by atoms with Crippen LogP contribution in [0.5, 0.6) is 5.75 Å². The topological polar surface area (TPSA) is 29.5 Å². The van der Waals surface area contributed by atoms with E-state index >= 15 is 0 Å². The average Bonchev–Trinajstić information content (AvgIpc) is 2.46. The van der Waals surface area contributed by atoms with E-state index in [1.165, 1.54) is 5.56 Å². The van der Waals surface area contributed by atoms with Gasteiger partial charge in [0, 0.05) is 0 Å². The molecule has 0 aromatic heterocycles. The van der Waals surface area contributed by atoms with E-state index in [1.54, 1.807) is 0 Å². The van der Waals surface area contributed by atoms with Gasteiger partial charge in [-0.3, -0.25) is 0 Å². The van der Waals surface area contributed by atoms with Crippen LogP contribution in [0, 0.1) is 0 Å². The van der Waals surface area contributed by atoms with Gasteiger partial charge in [-0.05, 0) is 37.5 Å². The van der Waals surface area contributed by atoms with Gasteiger partial charge in [0.15, 0.2) is 0 Å². The SMILES string of the molecule is CC(O)(CCc1ccccc1)COc1ccccc1. The van der Waals surface area contributed by atoms with Crippen LogP contribution in [0.2, 0.25) is 0 Å². The van der Waals surface area contributed by atoms with Crippen molar-refractivity contribution < 1.29 is 9.84 Å². The van der Waals surface area contributed by atoms with Crippen molar-refractivity contribution in [2.45, 2.75) is 25.4 Å². The van der Waals surface area contributed by atoms with E-state index in [0.717, 1.165) is 12.2 Å². The molecule has 2 aromatic carbocycles. The molecule has 0 spiro atoms. The number of para-hydroxylation sites is 1. The van der Waals surface area contributed by atoms with Gasteiger partial charge in [0.1, 0.15) is 12.4 Å². The summed E-state index contributed by atoms with van der Waals surface area (Å²) in [6, 6.07) is 19.8. The summed E-state index contributed by atoms with van der Waals surface area (Å²) >= 11 is 0. The minimum atomic E-state index is -0.814. The number of ether oxygens (including phenoxy) is 1. The highest BCUT2D eigenvalue weighted by atomic mass is 16.5. The maximum Gasteiger partial charge on any atom is 0.119 e. The highest BCUT2D eigenvalue weighted by molar-refractivity contribution is 5.21. The summed E-state index contributed by atoms with van der Waals surface area (Å²) in [7, 11) is 0. The molecule has 2 heteroatoms. The maximum atomic E-state index is 10.3. The van der Waals surface area contributed by atoms with Crippen LogP contribution < -0.4 is 4.74 Å². The Morgan fingerprint density at radius 3 is 2.16 bits per heavy atom. The predicted molar refractivity (Wildman–Crippen MR) is 77.3 cm³/mol. The Kier molecular flexibility index (Phi) is 4.58. The molecular weight excluding hydrogens is 236 g/mol. The molecule has 0 radical (unpaired) electrons. The Hall–Kier alpha value is -1.80. The summed E-state index contributed by atoms with van der Waals surface area (Å²) in [6.07, 6.45) is 1.54. The summed E-state index contributed by atoms with van der Waals surface area (Å²) in [4.78, 5) is 0. The van der Waals surface area contributed by atoms with Gasteiger partial charge in [-0.25, -0.2) is 0 Å². The molecule has 2 rings (SSSR count). The second-order valence-electron chi connectivity index (χ2n) is 5.08. The van der Waals surface area contributed by atoms with E-state index < -0.39 is 5.60 Å². The first-order chi connectivity index (χ1) is 9.16. The van der Waals surface area contributed by atoms with E-state index in [0.29, 0.717) is 13.0 Å². The molecule has 0 aliphatic heterocycles. The van der Waals surface area contributed by atoms with Crippen molar-refractivity contribution in [1.82, 2.24) is 0 Å². The predicted octanol–water partition coefficient (Wildman–Crippen LogP) is 3.45. The molecule has 0 fully saturated rings. The zero-order chi connectivity index (χ0) is 13.6. The molecule has 2 aromatic rings. The minimum Gasteiger partial charge on any atom is -0.491 e. The molecule has 1 unspecified atom stereocenters. The van der Waals surface area contributed by atoms with E-state index in [1.807, 2.05) is 55.5 Å². The molecular formula is C17H20O2. The number of hydrogen-bond donors (Lipinski definition) is 1. The van der Waals surface area contributed by atoms with E-state index in [-0.39, 0.29) is 0 Å². The van der Waals surface area contributed by atoms with Crippen molar-refractivity contribution in [3.63, 3.8) is 0 Å². The number of aliphatic hydroxyl groups is 1. The molecule has 1 N–H and O–H groups in total. The van der Waals surface area contributed by atoms with Crippen molar-refractivity contribution in [2.75, 3.05) is 6.61 Å². The lowest BCUT2D eigenvalue weighted by molar-refractivity contribution is 0.00465. The zero-order valence-electron chi connectivity index (χ0n) is 11.3. The van der Waals surface area contributed by atoms with Crippen LogP contribution in [0.3, 0.4) is 0 Å². The normalized spacial score (nSPS) is 13.8. The lowest BCUT2D eigenvalue weighted by atomic mass is 9.98. The second-order valence-corrected chi connectivity index (χ2v) is 5.08. The summed E-state index contributed by atoms with van der Waals surface area (Å²) in [5.41, 5.74) is 0.425. The van der Waals surface area contributed by atoms with Gasteiger partial charge in [0.05, 0.1) is 5.60 Å². The Balaban J connectivity index is 1.82. The van der Waals surface area contributed by atoms with Crippen molar-refractivity contribution in [3.05, 3.63) is 66.2 Å². The summed E-state index contributed by atoms with van der Waals surface area (Å²) in [6.45, 7) is 2.13. The molecule has 0 heterocycles. The monoisotopic (exact) mass is 256 g/mol. The molecule has 100 valence electrons. The van der Waals surface area contributed by atoms with Gasteiger partial charge < -0.3 is 9.84 Å². The first kappa shape index (κ1) is 13.6. The van der Waals surface area contributed by atoms with Crippen LogP contribution in [0.1, 0.15) is 18.9 Å². The lowest BCUT2D eigenvalue weighted by Gasteiger charge is -2.23. The highest BCUT2D eigenvalue weighted by Crippen LogP contribution is 2.17. The van der Waals surface area contributed by atoms with Gasteiger partial charge in [-0.1, -0.05) is 48.5 Å². The van der Waals surface area contributed by atoms with Gasteiger partial charge in [-0.15, -0.1) is 0 Å². The Labute approximate surface area is 114 Å². The van der Waals surface area contributed by atoms with E-state index in [2.05, 4.69) is 12.1 Å². The molecule has 0 aliphatic carbocycles. The zero-order valence-corrected chi connectivity index (χ0v) is 11.3. The van der Waals surface area contributed by atoms with E-state index in [4.69, 9.17) is 4.74 Å². The number of aryl methyl sites for hydroxylation is 1. The molecule has 1 atom stereocenters. The van der Waals surface area contributed by atoms with Crippen LogP contribution in [0.4, 0.5) is 0 Å². The minimum absolute atomic E-state index is 0.309. The Morgan fingerprint density at radius 2 is 1.53 bits per heavy atom. The third kappa shape index (κ3) is 4.76. The first-order valence-electron chi connectivity index (χ1n) is 6.60. The van der Waals surface area contributed by atoms with Crippen LogP contribution >= 0.6 is 0 Å². The smallest absolute Gasteiger partial charge is 0.119 e. The van der Waals surface area contributed by atoms with Crippen LogP contribution in [-0.2, 0) is 6.42 Å². The Bertz CT molecular complexity index is 432. The fourth-order valence-corrected chi connectivity index (χ4v) is 1.89. The van der Waals surface area contributed by atoms with Crippen LogP contribution in [0.25, 0.3) is 0 Å². The fourth-order valence-electron chi connectivity index (χ4n) is 1.89. The summed E-state index contributed by atoms with van der Waals surface area (Å²) < 4.78 is 5.61. The fraction of sp³-hybridized carbons (Fsp3) is 0.294. The summed E-state index contributed by atoms with van der Waals surface area (Å²) in [5, 5.41) is 10.3. The second kappa shape index (κ2) is 6.39. The third-order valence-electron chi connectivity index (χ3n) is 3.09. The molecule has 0 saturated heterocycles. The van der Waals surface area contributed by atoms with Crippen molar-refractivity contribution >= 4 is 0 Å². The highest BCUT2D eigenvalue weighted by Gasteiger charge is 2.21. The number of hydrogen-bond acceptors (Lipinski definition) is 2. The molecule has 0 bridgehead atoms.